The van der Waals surface area contributed by atoms with Gasteiger partial charge < -0.3 is 0 Å². The fourth-order valence-corrected chi connectivity index (χ4v) is 2.19. The largest absolute Gasteiger partial charge is 0.242 e. The van der Waals surface area contributed by atoms with Gasteiger partial charge in [-0.1, -0.05) is 30.6 Å². The number of hydrogen-bond donors (Lipinski definition) is 1. The molecule has 1 aliphatic rings. The summed E-state index contributed by atoms with van der Waals surface area (Å²) in [5, 5.41) is 10.3. The van der Waals surface area contributed by atoms with Gasteiger partial charge in [0.25, 0.3) is 0 Å². The second-order valence-electron chi connectivity index (χ2n) is 4.79. The highest BCUT2D eigenvalue weighted by Crippen LogP contribution is 2.42. The lowest BCUT2D eigenvalue weighted by atomic mass is 9.67. The van der Waals surface area contributed by atoms with Gasteiger partial charge in [0.2, 0.25) is 4.77 Å². The molecule has 4 nitrogen and oxygen atoms in total. The Morgan fingerprint density at radius 2 is 2.29 bits per heavy atom. The van der Waals surface area contributed by atoms with Crippen LogP contribution in [0.5, 0.6) is 0 Å². The van der Waals surface area contributed by atoms with Crippen LogP contribution in [0, 0.1) is 16.1 Å². The molecular formula is C9H16N4S. The molecule has 78 valence electrons. The molecule has 0 aromatic carbocycles. The molecule has 0 amide bonds. The van der Waals surface area contributed by atoms with Gasteiger partial charge >= 0.3 is 0 Å². The molecule has 1 heterocycles. The molecule has 1 aromatic rings. The average molecular weight is 212 g/mol. The SMILES string of the molecule is CC(C)(Cn1[nH]nnc1=S)C1CCC1. The summed E-state index contributed by atoms with van der Waals surface area (Å²) >= 11 is 5.05. The van der Waals surface area contributed by atoms with Crippen LogP contribution in [0.15, 0.2) is 0 Å². The van der Waals surface area contributed by atoms with Crippen molar-refractivity contribution in [3.05, 3.63) is 4.77 Å². The Kier molecular flexibility index (Phi) is 2.43. The topological polar surface area (TPSA) is 46.5 Å². The summed E-state index contributed by atoms with van der Waals surface area (Å²) in [5.74, 6) is 0.827. The van der Waals surface area contributed by atoms with E-state index in [2.05, 4.69) is 29.4 Å². The van der Waals surface area contributed by atoms with E-state index in [-0.39, 0.29) is 0 Å². The lowest BCUT2D eigenvalue weighted by molar-refractivity contribution is 0.0953. The van der Waals surface area contributed by atoms with Crippen molar-refractivity contribution in [2.75, 3.05) is 0 Å². The fourth-order valence-electron chi connectivity index (χ4n) is 2.05. The number of nitrogens with one attached hydrogen (secondary N) is 1. The van der Waals surface area contributed by atoms with Crippen LogP contribution in [-0.2, 0) is 6.54 Å². The summed E-state index contributed by atoms with van der Waals surface area (Å²) in [6.07, 6.45) is 4.07. The predicted octanol–water partition coefficient (Wildman–Crippen LogP) is 2.16. The molecule has 1 saturated carbocycles. The molecule has 14 heavy (non-hydrogen) atoms. The zero-order valence-electron chi connectivity index (χ0n) is 8.66. The van der Waals surface area contributed by atoms with Crippen LogP contribution in [0.25, 0.3) is 0 Å². The summed E-state index contributed by atoms with van der Waals surface area (Å²) < 4.78 is 2.41. The quantitative estimate of drug-likeness (QED) is 0.781. The second kappa shape index (κ2) is 3.46. The fraction of sp³-hybridized carbons (Fsp3) is 0.889. The van der Waals surface area contributed by atoms with Gasteiger partial charge in [-0.3, -0.25) is 0 Å². The lowest BCUT2D eigenvalue weighted by Crippen LogP contribution is -2.34. The Balaban J connectivity index is 2.09. The molecule has 1 fully saturated rings. The number of rotatable bonds is 3. The standard InChI is InChI=1S/C9H16N4S/c1-9(2,7-4-3-5-7)6-13-8(14)10-11-12-13/h7H,3-6H2,1-2H3,(H,10,12,14). The molecule has 0 spiro atoms. The molecule has 0 saturated heterocycles. The first kappa shape index (κ1) is 9.83. The maximum absolute atomic E-state index is 5.05. The molecule has 5 heteroatoms. The molecule has 0 radical (unpaired) electrons. The van der Waals surface area contributed by atoms with Crippen LogP contribution >= 0.6 is 12.2 Å². The smallest absolute Gasteiger partial charge is 0.238 e. The van der Waals surface area contributed by atoms with Gasteiger partial charge in [0, 0.05) is 6.54 Å². The summed E-state index contributed by atoms with van der Waals surface area (Å²) in [4.78, 5) is 0. The first-order valence-corrected chi connectivity index (χ1v) is 5.48. The van der Waals surface area contributed by atoms with Crippen molar-refractivity contribution in [1.82, 2.24) is 20.2 Å². The second-order valence-corrected chi connectivity index (χ2v) is 5.15. The van der Waals surface area contributed by atoms with Gasteiger partial charge in [-0.2, -0.15) is 5.21 Å². The molecule has 0 bridgehead atoms. The van der Waals surface area contributed by atoms with Gasteiger partial charge in [-0.15, -0.1) is 0 Å². The molecule has 1 aliphatic carbocycles. The molecule has 0 atom stereocenters. The zero-order valence-corrected chi connectivity index (χ0v) is 9.47. The Morgan fingerprint density at radius 1 is 1.57 bits per heavy atom. The molecule has 0 aliphatic heterocycles. The van der Waals surface area contributed by atoms with Crippen molar-refractivity contribution in [2.45, 2.75) is 39.7 Å². The summed E-state index contributed by atoms with van der Waals surface area (Å²) in [6, 6.07) is 0. The Labute approximate surface area is 88.7 Å². The normalized spacial score (nSPS) is 18.1. The van der Waals surface area contributed by atoms with Crippen LogP contribution in [0.3, 0.4) is 0 Å². The molecule has 1 N–H and O–H groups in total. The van der Waals surface area contributed by atoms with Crippen molar-refractivity contribution in [2.24, 2.45) is 11.3 Å². The van der Waals surface area contributed by atoms with Crippen molar-refractivity contribution < 1.29 is 0 Å². The van der Waals surface area contributed by atoms with Gasteiger partial charge in [-0.05, 0) is 36.4 Å². The monoisotopic (exact) mass is 212 g/mol. The molecule has 2 rings (SSSR count). The minimum Gasteiger partial charge on any atom is -0.242 e. The van der Waals surface area contributed by atoms with Crippen molar-refractivity contribution in [3.63, 3.8) is 0 Å². The van der Waals surface area contributed by atoms with Crippen LogP contribution in [0.4, 0.5) is 0 Å². The van der Waals surface area contributed by atoms with E-state index >= 15 is 0 Å². The van der Waals surface area contributed by atoms with E-state index in [4.69, 9.17) is 12.2 Å². The highest BCUT2D eigenvalue weighted by atomic mass is 32.1. The predicted molar refractivity (Wildman–Crippen MR) is 56.3 cm³/mol. The number of aromatic nitrogens is 4. The van der Waals surface area contributed by atoms with Gasteiger partial charge in [0.1, 0.15) is 0 Å². The maximum Gasteiger partial charge on any atom is 0.238 e. The van der Waals surface area contributed by atoms with E-state index in [0.717, 1.165) is 12.5 Å². The Hall–Kier alpha value is -0.710. The maximum atomic E-state index is 5.05. The zero-order chi connectivity index (χ0) is 10.2. The summed E-state index contributed by atoms with van der Waals surface area (Å²) in [6.45, 7) is 5.47. The summed E-state index contributed by atoms with van der Waals surface area (Å²) in [7, 11) is 0. The third-order valence-electron chi connectivity index (χ3n) is 3.31. The van der Waals surface area contributed by atoms with Gasteiger partial charge in [0.15, 0.2) is 0 Å². The van der Waals surface area contributed by atoms with Crippen LogP contribution in [0.2, 0.25) is 0 Å². The third kappa shape index (κ3) is 1.73. The Bertz CT molecular complexity index is 361. The van der Waals surface area contributed by atoms with E-state index in [9.17, 15) is 0 Å². The highest BCUT2D eigenvalue weighted by molar-refractivity contribution is 7.71. The van der Waals surface area contributed by atoms with Crippen LogP contribution in [0.1, 0.15) is 33.1 Å². The lowest BCUT2D eigenvalue weighted by Gasteiger charge is -2.40. The Morgan fingerprint density at radius 3 is 2.71 bits per heavy atom. The number of hydrogen-bond acceptors (Lipinski definition) is 3. The number of aromatic amines is 1. The van der Waals surface area contributed by atoms with E-state index in [1.165, 1.54) is 19.3 Å². The number of nitrogens with zero attached hydrogens (tertiary/aromatic N) is 3. The van der Waals surface area contributed by atoms with Crippen molar-refractivity contribution >= 4 is 12.2 Å². The number of tetrazole rings is 1. The first-order chi connectivity index (χ1) is 6.59. The average Bonchev–Trinajstić information content (AvgIpc) is 2.30. The van der Waals surface area contributed by atoms with Gasteiger partial charge in [0.05, 0.1) is 0 Å². The van der Waals surface area contributed by atoms with Crippen molar-refractivity contribution in [1.29, 1.82) is 0 Å². The third-order valence-corrected chi connectivity index (χ3v) is 3.61. The highest BCUT2D eigenvalue weighted by Gasteiger charge is 2.34. The van der Waals surface area contributed by atoms with E-state index in [1.807, 2.05) is 4.68 Å². The van der Waals surface area contributed by atoms with Crippen LogP contribution < -0.4 is 0 Å². The molecule has 0 unspecified atom stereocenters. The van der Waals surface area contributed by atoms with E-state index in [1.54, 1.807) is 0 Å². The number of H-pyrrole nitrogens is 1. The molecular weight excluding hydrogens is 196 g/mol. The summed E-state index contributed by atoms with van der Waals surface area (Å²) in [5.41, 5.74) is 0.296. The van der Waals surface area contributed by atoms with Crippen molar-refractivity contribution in [3.8, 4) is 0 Å². The minimum atomic E-state index is 0.296. The van der Waals surface area contributed by atoms with E-state index < -0.39 is 0 Å². The van der Waals surface area contributed by atoms with Gasteiger partial charge in [-0.25, -0.2) is 4.68 Å². The first-order valence-electron chi connectivity index (χ1n) is 5.07. The van der Waals surface area contributed by atoms with Crippen LogP contribution in [-0.4, -0.2) is 20.2 Å². The molecule has 1 aromatic heterocycles. The van der Waals surface area contributed by atoms with E-state index in [0.29, 0.717) is 10.2 Å². The minimum absolute atomic E-state index is 0.296.